The maximum atomic E-state index is 12.2. The number of anilines is 2. The molecule has 1 aromatic rings. The normalized spacial score (nSPS) is 11.8. The van der Waals surface area contributed by atoms with Gasteiger partial charge in [0.05, 0.1) is 11.4 Å². The molecule has 0 aromatic heterocycles. The Hall–Kier alpha value is -2.37. The molecule has 0 saturated carbocycles. The zero-order valence-electron chi connectivity index (χ0n) is 15.1. The van der Waals surface area contributed by atoms with Crippen molar-refractivity contribution in [3.63, 3.8) is 0 Å². The van der Waals surface area contributed by atoms with E-state index in [2.05, 4.69) is 19.2 Å². The Kier molecular flexibility index (Phi) is 7.42. The van der Waals surface area contributed by atoms with Crippen LogP contribution in [0.25, 0.3) is 0 Å². The molecule has 1 N–H and O–H groups in total. The average Bonchev–Trinajstić information content (AvgIpc) is 2.57. The van der Waals surface area contributed by atoms with E-state index in [1.165, 1.54) is 11.9 Å². The molecule has 0 bridgehead atoms. The molecular formula is C18H27N3O3. The van der Waals surface area contributed by atoms with Crippen LogP contribution in [0.3, 0.4) is 0 Å². The third kappa shape index (κ3) is 4.57. The van der Waals surface area contributed by atoms with Gasteiger partial charge in [-0.3, -0.25) is 9.59 Å². The van der Waals surface area contributed by atoms with Gasteiger partial charge in [0.15, 0.2) is 0 Å². The summed E-state index contributed by atoms with van der Waals surface area (Å²) in [7, 11) is 5.31. The standard InChI is InChI=1S/C18H27N3O3/c1-13(2)14-8-9-15(17(11-14)20(4)5)21(12-23)16(7-6-10-22)18(24)19-3/h8-13,16H,6-7H2,1-5H3,(H,19,24). The topological polar surface area (TPSA) is 69.7 Å². The first-order valence-electron chi connectivity index (χ1n) is 8.07. The van der Waals surface area contributed by atoms with E-state index in [1.807, 2.05) is 37.2 Å². The Labute approximate surface area is 143 Å². The minimum absolute atomic E-state index is 0.212. The van der Waals surface area contributed by atoms with Gasteiger partial charge in [0.25, 0.3) is 0 Å². The smallest absolute Gasteiger partial charge is 0.242 e. The number of nitrogens with zero attached hydrogens (tertiary/aromatic N) is 2. The molecule has 0 aliphatic rings. The van der Waals surface area contributed by atoms with Crippen LogP contribution in [0.2, 0.25) is 0 Å². The second-order valence-corrected chi connectivity index (χ2v) is 6.18. The molecular weight excluding hydrogens is 306 g/mol. The van der Waals surface area contributed by atoms with Crippen LogP contribution in [0, 0.1) is 0 Å². The summed E-state index contributed by atoms with van der Waals surface area (Å²) in [5.74, 6) is 0.0637. The van der Waals surface area contributed by atoms with Gasteiger partial charge in [-0.1, -0.05) is 19.9 Å². The molecule has 132 valence electrons. The summed E-state index contributed by atoms with van der Waals surface area (Å²) in [5.41, 5.74) is 2.66. The zero-order valence-corrected chi connectivity index (χ0v) is 15.1. The Morgan fingerprint density at radius 3 is 2.33 bits per heavy atom. The summed E-state index contributed by atoms with van der Waals surface area (Å²) in [6, 6.07) is 5.12. The summed E-state index contributed by atoms with van der Waals surface area (Å²) in [6.45, 7) is 4.20. The van der Waals surface area contributed by atoms with Crippen LogP contribution in [0.4, 0.5) is 11.4 Å². The summed E-state index contributed by atoms with van der Waals surface area (Å²) >= 11 is 0. The highest BCUT2D eigenvalue weighted by molar-refractivity contribution is 5.95. The lowest BCUT2D eigenvalue weighted by Gasteiger charge is -2.30. The Balaban J connectivity index is 3.37. The van der Waals surface area contributed by atoms with Crippen molar-refractivity contribution in [2.45, 2.75) is 38.6 Å². The van der Waals surface area contributed by atoms with Crippen LogP contribution in [-0.2, 0) is 14.4 Å². The maximum Gasteiger partial charge on any atom is 0.242 e. The molecule has 1 atom stereocenters. The lowest BCUT2D eigenvalue weighted by Crippen LogP contribution is -2.46. The number of benzene rings is 1. The van der Waals surface area contributed by atoms with Crippen LogP contribution in [0.1, 0.15) is 38.2 Å². The summed E-state index contributed by atoms with van der Waals surface area (Å²) in [5, 5.41) is 2.57. The van der Waals surface area contributed by atoms with E-state index < -0.39 is 6.04 Å². The first kappa shape index (κ1) is 19.7. The molecule has 0 aliphatic heterocycles. The minimum Gasteiger partial charge on any atom is -0.376 e. The van der Waals surface area contributed by atoms with Gasteiger partial charge in [0.1, 0.15) is 12.3 Å². The van der Waals surface area contributed by atoms with Gasteiger partial charge in [0.2, 0.25) is 12.3 Å². The number of amides is 2. The Morgan fingerprint density at radius 1 is 1.21 bits per heavy atom. The molecule has 0 radical (unpaired) electrons. The number of likely N-dealkylation sites (N-methyl/N-ethyl adjacent to an activating group) is 1. The van der Waals surface area contributed by atoms with Gasteiger partial charge in [-0.25, -0.2) is 0 Å². The number of hydrogen-bond acceptors (Lipinski definition) is 4. The molecule has 2 amide bonds. The summed E-state index contributed by atoms with van der Waals surface area (Å²) in [4.78, 5) is 38.0. The first-order chi connectivity index (χ1) is 11.4. The van der Waals surface area contributed by atoms with Gasteiger partial charge < -0.3 is 19.9 Å². The molecule has 0 aliphatic carbocycles. The van der Waals surface area contributed by atoms with E-state index in [4.69, 9.17) is 0 Å². The molecule has 6 nitrogen and oxygen atoms in total. The van der Waals surface area contributed by atoms with Crippen molar-refractivity contribution in [1.29, 1.82) is 0 Å². The highest BCUT2D eigenvalue weighted by atomic mass is 16.2. The van der Waals surface area contributed by atoms with Crippen molar-refractivity contribution in [1.82, 2.24) is 5.32 Å². The largest absolute Gasteiger partial charge is 0.376 e. The predicted molar refractivity (Wildman–Crippen MR) is 96.6 cm³/mol. The minimum atomic E-state index is -0.721. The van der Waals surface area contributed by atoms with Gasteiger partial charge in [0, 0.05) is 27.6 Å². The quantitative estimate of drug-likeness (QED) is 0.701. The first-order valence-corrected chi connectivity index (χ1v) is 8.07. The molecule has 1 aromatic carbocycles. The van der Waals surface area contributed by atoms with Crippen LogP contribution < -0.4 is 15.1 Å². The van der Waals surface area contributed by atoms with Crippen LogP contribution in [0.5, 0.6) is 0 Å². The van der Waals surface area contributed by atoms with E-state index in [0.717, 1.165) is 17.5 Å². The van der Waals surface area contributed by atoms with Crippen molar-refractivity contribution < 1.29 is 14.4 Å². The van der Waals surface area contributed by atoms with Crippen LogP contribution >= 0.6 is 0 Å². The van der Waals surface area contributed by atoms with E-state index in [-0.39, 0.29) is 18.7 Å². The van der Waals surface area contributed by atoms with Crippen molar-refractivity contribution in [2.75, 3.05) is 30.9 Å². The molecule has 6 heteroatoms. The van der Waals surface area contributed by atoms with Crippen molar-refractivity contribution in [3.8, 4) is 0 Å². The van der Waals surface area contributed by atoms with Gasteiger partial charge >= 0.3 is 0 Å². The number of nitrogens with one attached hydrogen (secondary N) is 1. The van der Waals surface area contributed by atoms with Crippen molar-refractivity contribution in [2.24, 2.45) is 0 Å². The third-order valence-corrected chi connectivity index (χ3v) is 3.98. The maximum absolute atomic E-state index is 12.2. The summed E-state index contributed by atoms with van der Waals surface area (Å²) < 4.78 is 0. The molecule has 24 heavy (non-hydrogen) atoms. The number of carbonyl (C=O) groups is 3. The Bertz CT molecular complexity index is 585. The molecule has 1 unspecified atom stereocenters. The highest BCUT2D eigenvalue weighted by Crippen LogP contribution is 2.33. The fraction of sp³-hybridized carbons (Fsp3) is 0.500. The molecule has 1 rings (SSSR count). The van der Waals surface area contributed by atoms with E-state index in [9.17, 15) is 14.4 Å². The lowest BCUT2D eigenvalue weighted by molar-refractivity contribution is -0.123. The Morgan fingerprint density at radius 2 is 1.88 bits per heavy atom. The fourth-order valence-corrected chi connectivity index (χ4v) is 2.56. The molecule has 0 spiro atoms. The van der Waals surface area contributed by atoms with Crippen LogP contribution in [0.15, 0.2) is 18.2 Å². The summed E-state index contributed by atoms with van der Waals surface area (Å²) in [6.07, 6.45) is 1.90. The molecule has 0 heterocycles. The SMILES string of the molecule is CNC(=O)C(CCC=O)N(C=O)c1ccc(C(C)C)cc1N(C)C. The van der Waals surface area contributed by atoms with Crippen LogP contribution in [-0.4, -0.2) is 45.8 Å². The molecule has 0 fully saturated rings. The fourth-order valence-electron chi connectivity index (χ4n) is 2.56. The number of aldehydes is 1. The van der Waals surface area contributed by atoms with E-state index in [0.29, 0.717) is 18.0 Å². The molecule has 0 saturated heterocycles. The van der Waals surface area contributed by atoms with Gasteiger partial charge in [-0.15, -0.1) is 0 Å². The second kappa shape index (κ2) is 9.05. The second-order valence-electron chi connectivity index (χ2n) is 6.18. The van der Waals surface area contributed by atoms with Crippen molar-refractivity contribution >= 4 is 30.0 Å². The van der Waals surface area contributed by atoms with Gasteiger partial charge in [-0.2, -0.15) is 0 Å². The highest BCUT2D eigenvalue weighted by Gasteiger charge is 2.27. The predicted octanol–water partition coefficient (Wildman–Crippen LogP) is 1.93. The van der Waals surface area contributed by atoms with Crippen molar-refractivity contribution in [3.05, 3.63) is 23.8 Å². The lowest BCUT2D eigenvalue weighted by atomic mass is 10.0. The number of carbonyl (C=O) groups excluding carboxylic acids is 3. The van der Waals surface area contributed by atoms with E-state index in [1.54, 1.807) is 0 Å². The average molecular weight is 333 g/mol. The third-order valence-electron chi connectivity index (χ3n) is 3.98. The zero-order chi connectivity index (χ0) is 18.3. The van der Waals surface area contributed by atoms with E-state index >= 15 is 0 Å². The van der Waals surface area contributed by atoms with Gasteiger partial charge in [-0.05, 0) is 30.0 Å². The number of hydrogen-bond donors (Lipinski definition) is 1. The number of rotatable bonds is 9. The monoisotopic (exact) mass is 333 g/mol.